The number of nitrogens with one attached hydrogen (secondary N) is 1. The van der Waals surface area contributed by atoms with Gasteiger partial charge in [-0.15, -0.1) is 13.2 Å². The zero-order valence-corrected chi connectivity index (χ0v) is 28.4. The molecule has 1 fully saturated rings. The number of hydrogen-bond acceptors (Lipinski definition) is 8. The smallest absolute Gasteiger partial charge is 0.283 e. The predicted octanol–water partition coefficient (Wildman–Crippen LogP) is 5.46. The van der Waals surface area contributed by atoms with Crippen molar-refractivity contribution in [3.63, 3.8) is 0 Å². The number of benzene rings is 1. The summed E-state index contributed by atoms with van der Waals surface area (Å²) in [5, 5.41) is 10.5. The van der Waals surface area contributed by atoms with Crippen molar-refractivity contribution >= 4 is 33.3 Å². The molecule has 0 radical (unpaired) electrons. The number of ether oxygens (including phenoxy) is 2. The predicted molar refractivity (Wildman–Crippen MR) is 181 cm³/mol. The molecule has 0 bridgehead atoms. The molecule has 2 N–H and O–H groups in total. The number of carbonyl (C=O) groups is 1. The summed E-state index contributed by atoms with van der Waals surface area (Å²) < 4.78 is 40.9. The van der Waals surface area contributed by atoms with E-state index in [2.05, 4.69) is 28.8 Å². The van der Waals surface area contributed by atoms with Crippen LogP contribution in [0, 0.1) is 17.8 Å². The molecule has 9 nitrogen and oxygen atoms in total. The Morgan fingerprint density at radius 2 is 2.11 bits per heavy atom. The molecular formula is C35H46ClN3O6S. The van der Waals surface area contributed by atoms with Crippen molar-refractivity contribution in [2.45, 2.75) is 68.6 Å². The summed E-state index contributed by atoms with van der Waals surface area (Å²) in [6.45, 7) is 11.2. The Morgan fingerprint density at radius 3 is 2.80 bits per heavy atom. The lowest BCUT2D eigenvalue weighted by Crippen LogP contribution is -2.49. The Morgan fingerprint density at radius 1 is 1.30 bits per heavy atom. The van der Waals surface area contributed by atoms with Gasteiger partial charge in [-0.25, -0.2) is 18.1 Å². The maximum Gasteiger partial charge on any atom is 0.283 e. The molecule has 0 saturated heterocycles. The number of hydrogen-bond donors (Lipinski definition) is 2. The fourth-order valence-corrected chi connectivity index (χ4v) is 9.33. The Bertz CT molecular complexity index is 1550. The fraction of sp³-hybridized carbons (Fsp3) is 0.543. The number of sulfonamides is 1. The Balaban J connectivity index is 1.48. The minimum absolute atomic E-state index is 0.0131. The van der Waals surface area contributed by atoms with E-state index in [1.807, 2.05) is 19.1 Å². The number of amides is 1. The van der Waals surface area contributed by atoms with Crippen molar-refractivity contribution in [3.8, 4) is 5.75 Å². The highest BCUT2D eigenvalue weighted by molar-refractivity contribution is 7.90. The van der Waals surface area contributed by atoms with Crippen molar-refractivity contribution in [2.75, 3.05) is 38.3 Å². The quantitative estimate of drug-likeness (QED) is 0.270. The van der Waals surface area contributed by atoms with E-state index in [-0.39, 0.29) is 41.9 Å². The second kappa shape index (κ2) is 14.5. The van der Waals surface area contributed by atoms with Crippen LogP contribution in [0.3, 0.4) is 0 Å². The van der Waals surface area contributed by atoms with E-state index < -0.39 is 27.3 Å². The zero-order valence-electron chi connectivity index (χ0n) is 26.8. The van der Waals surface area contributed by atoms with Crippen LogP contribution in [-0.2, 0) is 26.6 Å². The second-order valence-corrected chi connectivity index (χ2v) is 15.5. The number of aromatic nitrogens is 1. The van der Waals surface area contributed by atoms with Crippen LogP contribution in [0.15, 0.2) is 55.6 Å². The van der Waals surface area contributed by atoms with E-state index in [1.165, 1.54) is 24.3 Å². The van der Waals surface area contributed by atoms with E-state index in [9.17, 15) is 18.3 Å². The minimum Gasteiger partial charge on any atom is -0.489 e. The van der Waals surface area contributed by atoms with Gasteiger partial charge < -0.3 is 19.5 Å². The van der Waals surface area contributed by atoms with Crippen molar-refractivity contribution in [1.29, 1.82) is 0 Å². The third-order valence-corrected chi connectivity index (χ3v) is 12.3. The second-order valence-electron chi connectivity index (χ2n) is 13.1. The average Bonchev–Trinajstić information content (AvgIpc) is 3.16. The van der Waals surface area contributed by atoms with E-state index in [1.54, 1.807) is 18.2 Å². The number of aliphatic hydroxyl groups excluding tert-OH is 1. The van der Waals surface area contributed by atoms with Gasteiger partial charge >= 0.3 is 0 Å². The number of pyridine rings is 1. The first-order chi connectivity index (χ1) is 22.0. The van der Waals surface area contributed by atoms with E-state index in [0.717, 1.165) is 32.1 Å². The molecule has 2 aromatic rings. The van der Waals surface area contributed by atoms with E-state index >= 15 is 0 Å². The first kappa shape index (κ1) is 34.4. The van der Waals surface area contributed by atoms with Crippen molar-refractivity contribution in [3.05, 3.63) is 77.5 Å². The monoisotopic (exact) mass is 671 g/mol. The van der Waals surface area contributed by atoms with Crippen LogP contribution in [0.25, 0.3) is 0 Å². The normalized spacial score (nSPS) is 24.3. The summed E-state index contributed by atoms with van der Waals surface area (Å²) in [6, 6.07) is 9.29. The maximum atomic E-state index is 13.5. The SMILES string of the molecule is C=CC[C@H](C)[C@@H](CCOC)S(=O)(=O)NC(=O)c1ccc2c(n1)N(C[C@@H]1CC[C@H]1C(O)C=C)C[C@@]1(CCCc3cc(Cl)ccc31)CO2. The lowest BCUT2D eigenvalue weighted by Gasteiger charge is -2.45. The number of allylic oxidation sites excluding steroid dienone is 1. The van der Waals surface area contributed by atoms with Gasteiger partial charge in [-0.2, -0.15) is 0 Å². The number of carbonyl (C=O) groups excluding carboxylic acids is 1. The molecule has 1 saturated carbocycles. The Hall–Kier alpha value is -2.92. The van der Waals surface area contributed by atoms with Crippen LogP contribution in [-0.4, -0.2) is 69.2 Å². The highest BCUT2D eigenvalue weighted by Crippen LogP contribution is 2.46. The van der Waals surface area contributed by atoms with Gasteiger partial charge in [-0.3, -0.25) is 4.79 Å². The molecule has 1 aromatic carbocycles. The lowest BCUT2D eigenvalue weighted by molar-refractivity contribution is 0.0459. The van der Waals surface area contributed by atoms with E-state index in [4.69, 9.17) is 26.1 Å². The van der Waals surface area contributed by atoms with Crippen molar-refractivity contribution < 1.29 is 27.8 Å². The number of rotatable bonds is 13. The van der Waals surface area contributed by atoms with Gasteiger partial charge in [0.2, 0.25) is 10.0 Å². The molecule has 1 spiro atoms. The van der Waals surface area contributed by atoms with Crippen molar-refractivity contribution in [2.24, 2.45) is 17.8 Å². The molecule has 1 aromatic heterocycles. The molecule has 6 atom stereocenters. The lowest BCUT2D eigenvalue weighted by atomic mass is 9.68. The molecule has 2 heterocycles. The molecule has 3 aliphatic rings. The molecule has 1 unspecified atom stereocenters. The molecule has 1 aliphatic heterocycles. The van der Waals surface area contributed by atoms with Gasteiger partial charge in [-0.1, -0.05) is 36.7 Å². The largest absolute Gasteiger partial charge is 0.489 e. The van der Waals surface area contributed by atoms with Gasteiger partial charge in [0.1, 0.15) is 5.69 Å². The van der Waals surface area contributed by atoms with Gasteiger partial charge in [0.15, 0.2) is 11.6 Å². The number of fused-ring (bicyclic) bond motifs is 3. The van der Waals surface area contributed by atoms with Crippen LogP contribution in [0.5, 0.6) is 5.75 Å². The average molecular weight is 672 g/mol. The highest BCUT2D eigenvalue weighted by Gasteiger charge is 2.44. The number of methoxy groups -OCH3 is 1. The molecule has 1 amide bonds. The maximum absolute atomic E-state index is 13.5. The highest BCUT2D eigenvalue weighted by atomic mass is 35.5. The summed E-state index contributed by atoms with van der Waals surface area (Å²) in [7, 11) is -2.54. The molecular weight excluding hydrogens is 626 g/mol. The van der Waals surface area contributed by atoms with Crippen LogP contribution < -0.4 is 14.4 Å². The van der Waals surface area contributed by atoms with Gasteiger partial charge in [-0.05, 0) is 98.1 Å². The third kappa shape index (κ3) is 7.15. The summed E-state index contributed by atoms with van der Waals surface area (Å²) in [6.07, 6.45) is 8.07. The fourth-order valence-electron chi connectivity index (χ4n) is 7.49. The molecule has 11 heteroatoms. The Labute approximate surface area is 278 Å². The number of anilines is 1. The number of nitrogens with zero attached hydrogens (tertiary/aromatic N) is 2. The summed E-state index contributed by atoms with van der Waals surface area (Å²) in [5.74, 6) is 0.241. The molecule has 5 rings (SSSR count). The van der Waals surface area contributed by atoms with Gasteiger partial charge in [0.25, 0.3) is 5.91 Å². The van der Waals surface area contributed by atoms with E-state index in [0.29, 0.717) is 42.7 Å². The van der Waals surface area contributed by atoms with Crippen molar-refractivity contribution in [1.82, 2.24) is 9.71 Å². The van der Waals surface area contributed by atoms with Crippen LogP contribution in [0.4, 0.5) is 5.82 Å². The summed E-state index contributed by atoms with van der Waals surface area (Å²) in [4.78, 5) is 20.5. The third-order valence-electron chi connectivity index (χ3n) is 10.1. The topological polar surface area (TPSA) is 118 Å². The zero-order chi connectivity index (χ0) is 33.1. The summed E-state index contributed by atoms with van der Waals surface area (Å²) in [5.41, 5.74) is 2.07. The van der Waals surface area contributed by atoms with Crippen LogP contribution >= 0.6 is 11.6 Å². The summed E-state index contributed by atoms with van der Waals surface area (Å²) >= 11 is 6.39. The van der Waals surface area contributed by atoms with Crippen LogP contribution in [0.1, 0.15) is 67.1 Å². The standard InChI is InChI=1S/C35H46ClN3O6S/c1-5-8-23(3)32(16-18-44-4)46(42,43)38-34(41)29-14-15-31-33(37-29)39(20-25-10-12-27(25)30(40)6-2)21-35(22-45-31)17-7-9-24-19-26(36)11-13-28(24)35/h5-6,11,13-15,19,23,25,27,30,32,40H,1-2,7-10,12,16-18,20-22H2,3-4H3,(H,38,41)/t23-,25-,27+,30?,32+,35-/m0/s1. The number of aryl methyl sites for hydroxylation is 1. The molecule has 46 heavy (non-hydrogen) atoms. The van der Waals surface area contributed by atoms with Crippen LogP contribution in [0.2, 0.25) is 5.02 Å². The van der Waals surface area contributed by atoms with Gasteiger partial charge in [0, 0.05) is 37.2 Å². The first-order valence-corrected chi connectivity index (χ1v) is 18.1. The van der Waals surface area contributed by atoms with Gasteiger partial charge in [0.05, 0.1) is 18.0 Å². The molecule has 250 valence electrons. The minimum atomic E-state index is -4.06. The molecule has 2 aliphatic carbocycles. The first-order valence-electron chi connectivity index (χ1n) is 16.2. The number of halogens is 1. The number of aliphatic hydroxyl groups is 1. The Kier molecular flexibility index (Phi) is 10.8.